The lowest BCUT2D eigenvalue weighted by atomic mass is 9.64. The summed E-state index contributed by atoms with van der Waals surface area (Å²) in [6, 6.07) is 22.5. The van der Waals surface area contributed by atoms with E-state index in [-0.39, 0.29) is 17.4 Å². The minimum absolute atomic E-state index is 0.0174. The molecule has 9 heteroatoms. The molecule has 2 atom stereocenters. The molecule has 1 aliphatic heterocycles. The highest BCUT2D eigenvalue weighted by molar-refractivity contribution is 5.92. The Morgan fingerprint density at radius 3 is 2.38 bits per heavy atom. The van der Waals surface area contributed by atoms with Gasteiger partial charge in [0.15, 0.2) is 0 Å². The van der Waals surface area contributed by atoms with E-state index < -0.39 is 23.1 Å². The number of likely N-dealkylation sites (tertiary alicyclic amines) is 1. The van der Waals surface area contributed by atoms with Gasteiger partial charge in [0.1, 0.15) is 11.5 Å². The van der Waals surface area contributed by atoms with Crippen LogP contribution in [0, 0.1) is 12.7 Å². The summed E-state index contributed by atoms with van der Waals surface area (Å²) in [6.45, 7) is 4.97. The number of halogens is 4. The molecule has 3 heterocycles. The third kappa shape index (κ3) is 4.93. The van der Waals surface area contributed by atoms with Crippen LogP contribution in [0.15, 0.2) is 91.3 Å². The Bertz CT molecular complexity index is 1750. The van der Waals surface area contributed by atoms with Crippen LogP contribution in [0.25, 0.3) is 16.6 Å². The molecule has 0 unspecified atom stereocenters. The quantitative estimate of drug-likeness (QED) is 0.210. The number of aryl methyl sites for hydroxylation is 1. The molecule has 0 N–H and O–H groups in total. The lowest BCUT2D eigenvalue weighted by Crippen LogP contribution is -2.51. The van der Waals surface area contributed by atoms with Crippen LogP contribution in [-0.4, -0.2) is 38.7 Å². The second-order valence-electron chi connectivity index (χ2n) is 11.1. The maximum Gasteiger partial charge on any atom is 0.417 e. The van der Waals surface area contributed by atoms with Gasteiger partial charge < -0.3 is 4.90 Å². The molecule has 3 aromatic carbocycles. The van der Waals surface area contributed by atoms with Crippen LogP contribution in [0.4, 0.5) is 17.6 Å². The molecule has 1 saturated heterocycles. The predicted octanol–water partition coefficient (Wildman–Crippen LogP) is 7.47. The Morgan fingerprint density at radius 2 is 1.71 bits per heavy atom. The van der Waals surface area contributed by atoms with E-state index in [1.165, 1.54) is 12.1 Å². The van der Waals surface area contributed by atoms with Gasteiger partial charge in [0.25, 0.3) is 5.91 Å². The van der Waals surface area contributed by atoms with Crippen LogP contribution < -0.4 is 0 Å². The molecule has 0 radical (unpaired) electrons. The van der Waals surface area contributed by atoms with Gasteiger partial charge in [0.2, 0.25) is 0 Å². The van der Waals surface area contributed by atoms with Crippen LogP contribution in [0.3, 0.4) is 0 Å². The summed E-state index contributed by atoms with van der Waals surface area (Å²) in [4.78, 5) is 19.1. The summed E-state index contributed by atoms with van der Waals surface area (Å²) in [5.74, 6) is -0.646. The molecule has 5 aromatic rings. The standard InChI is InChI=1S/C33H28F4N4O/c1-21-16-30-23(18-39-41(30)26-11-9-25(34)10-12-26)17-28(21)32(2)20-40(15-14-27(32)22-6-4-3-5-7-22)31(42)29-13-8-24(19-38-29)33(35,36)37/h3-13,16-19,27H,14-15,20H2,1-2H3/t27-,32+/m0/s1. The number of pyridine rings is 1. The van der Waals surface area contributed by atoms with Crippen LogP contribution in [-0.2, 0) is 11.6 Å². The van der Waals surface area contributed by atoms with Crippen molar-refractivity contribution < 1.29 is 22.4 Å². The maximum absolute atomic E-state index is 13.5. The molecule has 2 aromatic heterocycles. The monoisotopic (exact) mass is 572 g/mol. The van der Waals surface area contributed by atoms with Crippen molar-refractivity contribution in [3.8, 4) is 5.69 Å². The smallest absolute Gasteiger partial charge is 0.336 e. The van der Waals surface area contributed by atoms with Crippen molar-refractivity contribution in [2.45, 2.75) is 37.8 Å². The van der Waals surface area contributed by atoms with Crippen LogP contribution in [0.1, 0.15) is 52.0 Å². The summed E-state index contributed by atoms with van der Waals surface area (Å²) < 4.78 is 54.5. The van der Waals surface area contributed by atoms with E-state index in [0.717, 1.165) is 45.4 Å². The number of rotatable bonds is 4. The average Bonchev–Trinajstić information content (AvgIpc) is 3.39. The second kappa shape index (κ2) is 10.4. The van der Waals surface area contributed by atoms with E-state index in [1.54, 1.807) is 27.9 Å². The largest absolute Gasteiger partial charge is 0.417 e. The van der Waals surface area contributed by atoms with Crippen LogP contribution >= 0.6 is 0 Å². The van der Waals surface area contributed by atoms with Crippen LogP contribution in [0.5, 0.6) is 0 Å². The van der Waals surface area contributed by atoms with Crippen molar-refractivity contribution in [3.63, 3.8) is 0 Å². The van der Waals surface area contributed by atoms with Crippen molar-refractivity contribution in [1.29, 1.82) is 0 Å². The molecular formula is C33H28F4N4O. The number of fused-ring (bicyclic) bond motifs is 1. The van der Waals surface area contributed by atoms with Crippen molar-refractivity contribution >= 4 is 16.8 Å². The first kappa shape index (κ1) is 27.6. The summed E-state index contributed by atoms with van der Waals surface area (Å²) >= 11 is 0. The van der Waals surface area contributed by atoms with Gasteiger partial charge >= 0.3 is 6.18 Å². The fourth-order valence-electron chi connectivity index (χ4n) is 6.29. The van der Waals surface area contributed by atoms with E-state index in [4.69, 9.17) is 0 Å². The third-order valence-corrected chi connectivity index (χ3v) is 8.38. The zero-order chi connectivity index (χ0) is 29.6. The van der Waals surface area contributed by atoms with E-state index in [2.05, 4.69) is 41.3 Å². The number of nitrogens with zero attached hydrogens (tertiary/aromatic N) is 4. The number of aromatic nitrogens is 3. The Labute approximate surface area is 240 Å². The van der Waals surface area contributed by atoms with Gasteiger partial charge in [-0.15, -0.1) is 0 Å². The minimum Gasteiger partial charge on any atom is -0.336 e. The van der Waals surface area contributed by atoms with Gasteiger partial charge in [-0.05, 0) is 84.5 Å². The minimum atomic E-state index is -4.53. The molecule has 0 saturated carbocycles. The van der Waals surface area contributed by atoms with Crippen molar-refractivity contribution in [1.82, 2.24) is 19.7 Å². The van der Waals surface area contributed by atoms with Crippen molar-refractivity contribution in [3.05, 3.63) is 125 Å². The van der Waals surface area contributed by atoms with Gasteiger partial charge in [-0.25, -0.2) is 9.07 Å². The Kier molecular flexibility index (Phi) is 6.83. The highest BCUT2D eigenvalue weighted by atomic mass is 19.4. The number of carbonyl (C=O) groups is 1. The molecule has 1 amide bonds. The Balaban J connectivity index is 1.40. The molecule has 5 nitrogen and oxygen atoms in total. The maximum atomic E-state index is 13.5. The number of piperidine rings is 1. The predicted molar refractivity (Wildman–Crippen MR) is 152 cm³/mol. The number of hydrogen-bond donors (Lipinski definition) is 0. The van der Waals surface area contributed by atoms with Gasteiger partial charge in [-0.3, -0.25) is 9.78 Å². The highest BCUT2D eigenvalue weighted by Gasteiger charge is 2.44. The van der Waals surface area contributed by atoms with Crippen molar-refractivity contribution in [2.24, 2.45) is 0 Å². The van der Waals surface area contributed by atoms with Gasteiger partial charge in [0.05, 0.1) is 23.0 Å². The molecule has 0 aliphatic carbocycles. The fraction of sp³-hybridized carbons (Fsp3) is 0.242. The van der Waals surface area contributed by atoms with Crippen LogP contribution in [0.2, 0.25) is 0 Å². The first-order valence-corrected chi connectivity index (χ1v) is 13.7. The lowest BCUT2D eigenvalue weighted by Gasteiger charge is -2.47. The SMILES string of the molecule is Cc1cc2c(cnn2-c2ccc(F)cc2)cc1[C@]1(C)CN(C(=O)c2ccc(C(F)(F)F)cn2)CC[C@H]1c1ccccc1. The summed E-state index contributed by atoms with van der Waals surface area (Å²) in [5, 5.41) is 5.47. The zero-order valence-corrected chi connectivity index (χ0v) is 23.1. The van der Waals surface area contributed by atoms with E-state index in [9.17, 15) is 22.4 Å². The number of benzene rings is 3. The average molecular weight is 573 g/mol. The fourth-order valence-corrected chi connectivity index (χ4v) is 6.29. The van der Waals surface area contributed by atoms with Gasteiger partial charge in [-0.1, -0.05) is 37.3 Å². The number of alkyl halides is 3. The Morgan fingerprint density at radius 1 is 0.976 bits per heavy atom. The Hall–Kier alpha value is -4.53. The first-order chi connectivity index (χ1) is 20.0. The summed E-state index contributed by atoms with van der Waals surface area (Å²) in [6.07, 6.45) is -1.37. The molecule has 6 rings (SSSR count). The molecule has 0 spiro atoms. The van der Waals surface area contributed by atoms with Crippen molar-refractivity contribution in [2.75, 3.05) is 13.1 Å². The highest BCUT2D eigenvalue weighted by Crippen LogP contribution is 2.47. The topological polar surface area (TPSA) is 51.0 Å². The molecule has 0 bridgehead atoms. The van der Waals surface area contributed by atoms with Gasteiger partial charge in [0, 0.05) is 30.1 Å². The molecule has 214 valence electrons. The summed E-state index contributed by atoms with van der Waals surface area (Å²) in [5.41, 5.74) is 3.40. The zero-order valence-electron chi connectivity index (χ0n) is 23.1. The molecule has 1 aliphatic rings. The number of carbonyl (C=O) groups excluding carboxylic acids is 1. The van der Waals surface area contributed by atoms with E-state index >= 15 is 0 Å². The lowest BCUT2D eigenvalue weighted by molar-refractivity contribution is -0.137. The first-order valence-electron chi connectivity index (χ1n) is 13.7. The van der Waals surface area contributed by atoms with Gasteiger partial charge in [-0.2, -0.15) is 18.3 Å². The third-order valence-electron chi connectivity index (χ3n) is 8.38. The molecular weight excluding hydrogens is 544 g/mol. The molecule has 1 fully saturated rings. The number of amides is 1. The number of hydrogen-bond acceptors (Lipinski definition) is 3. The van der Waals surface area contributed by atoms with E-state index in [1.807, 2.05) is 25.1 Å². The summed E-state index contributed by atoms with van der Waals surface area (Å²) in [7, 11) is 0. The normalized spacial score (nSPS) is 19.3. The van der Waals surface area contributed by atoms with E-state index in [0.29, 0.717) is 25.7 Å². The molecule has 42 heavy (non-hydrogen) atoms. The second-order valence-corrected chi connectivity index (χ2v) is 11.1.